The molecule has 0 bridgehead atoms. The number of piperidine rings is 1. The highest BCUT2D eigenvalue weighted by atomic mass is 16.2. The van der Waals surface area contributed by atoms with E-state index in [2.05, 4.69) is 32.8 Å². The predicted octanol–water partition coefficient (Wildman–Crippen LogP) is 2.68. The number of hydrogen-bond donors (Lipinski definition) is 3. The average Bonchev–Trinajstić information content (AvgIpc) is 2.65. The third-order valence-electron chi connectivity index (χ3n) is 4.77. The summed E-state index contributed by atoms with van der Waals surface area (Å²) in [4.78, 5) is 18.8. The second-order valence-electron chi connectivity index (χ2n) is 7.05. The Morgan fingerprint density at radius 2 is 2.00 bits per heavy atom. The van der Waals surface area contributed by atoms with Gasteiger partial charge in [-0.1, -0.05) is 25.1 Å². The highest BCUT2D eigenvalue weighted by Crippen LogP contribution is 2.15. The summed E-state index contributed by atoms with van der Waals surface area (Å²) in [5.41, 5.74) is 0.968. The van der Waals surface area contributed by atoms with Gasteiger partial charge in [-0.25, -0.2) is 9.78 Å². The number of carbonyl (C=O) groups excluding carboxylic acids is 1. The van der Waals surface area contributed by atoms with Gasteiger partial charge in [-0.15, -0.1) is 0 Å². The van der Waals surface area contributed by atoms with E-state index in [-0.39, 0.29) is 6.03 Å². The van der Waals surface area contributed by atoms with E-state index < -0.39 is 0 Å². The molecule has 0 radical (unpaired) electrons. The first kappa shape index (κ1) is 18.5. The van der Waals surface area contributed by atoms with Crippen LogP contribution in [-0.2, 0) is 0 Å². The van der Waals surface area contributed by atoms with Crippen molar-refractivity contribution in [2.24, 2.45) is 5.92 Å². The summed E-state index contributed by atoms with van der Waals surface area (Å²) in [6.45, 7) is 7.41. The van der Waals surface area contributed by atoms with Crippen LogP contribution in [0.4, 0.5) is 10.6 Å². The third-order valence-corrected chi connectivity index (χ3v) is 4.77. The number of likely N-dealkylation sites (tertiary alicyclic amines) is 1. The van der Waals surface area contributed by atoms with Crippen LogP contribution in [0.3, 0.4) is 0 Å². The number of para-hydroxylation sites is 1. The smallest absolute Gasteiger partial charge is 0.314 e. The lowest BCUT2D eigenvalue weighted by molar-refractivity contribution is 0.184. The average molecular weight is 355 g/mol. The number of nitrogens with zero attached hydrogens (tertiary/aromatic N) is 2. The molecule has 1 atom stereocenters. The van der Waals surface area contributed by atoms with Crippen molar-refractivity contribution in [1.82, 2.24) is 20.5 Å². The molecular weight excluding hydrogens is 326 g/mol. The quantitative estimate of drug-likeness (QED) is 0.668. The van der Waals surface area contributed by atoms with Gasteiger partial charge in [0.1, 0.15) is 5.82 Å². The van der Waals surface area contributed by atoms with Crippen LogP contribution in [0.1, 0.15) is 19.8 Å². The second kappa shape index (κ2) is 9.38. The van der Waals surface area contributed by atoms with Gasteiger partial charge < -0.3 is 20.9 Å². The zero-order valence-electron chi connectivity index (χ0n) is 15.5. The fraction of sp³-hybridized carbons (Fsp3) is 0.500. The van der Waals surface area contributed by atoms with Gasteiger partial charge in [0.2, 0.25) is 0 Å². The van der Waals surface area contributed by atoms with Crippen molar-refractivity contribution in [2.75, 3.05) is 44.6 Å². The van der Waals surface area contributed by atoms with Crippen LogP contribution in [0, 0.1) is 5.92 Å². The Balaban J connectivity index is 1.29. The topological polar surface area (TPSA) is 69.3 Å². The maximum absolute atomic E-state index is 11.9. The molecule has 2 heterocycles. The maximum atomic E-state index is 11.9. The fourth-order valence-corrected chi connectivity index (χ4v) is 3.41. The molecule has 2 aromatic rings. The number of fused-ring (bicyclic) bond motifs is 1. The Kier molecular flexibility index (Phi) is 6.66. The van der Waals surface area contributed by atoms with Crippen LogP contribution in [0.2, 0.25) is 0 Å². The van der Waals surface area contributed by atoms with Crippen LogP contribution in [-0.4, -0.2) is 55.2 Å². The molecule has 1 aromatic heterocycles. The highest BCUT2D eigenvalue weighted by molar-refractivity contribution is 5.80. The number of pyridine rings is 1. The molecule has 1 unspecified atom stereocenters. The summed E-state index contributed by atoms with van der Waals surface area (Å²) in [6.07, 6.45) is 2.59. The molecular formula is C20H29N5O. The summed E-state index contributed by atoms with van der Waals surface area (Å²) in [5.74, 6) is 1.59. The molecule has 1 aromatic carbocycles. The van der Waals surface area contributed by atoms with Crippen LogP contribution < -0.4 is 16.0 Å². The first-order valence-electron chi connectivity index (χ1n) is 9.54. The maximum Gasteiger partial charge on any atom is 0.314 e. The second-order valence-corrected chi connectivity index (χ2v) is 7.05. The molecule has 1 saturated heterocycles. The Bertz CT molecular complexity index is 720. The van der Waals surface area contributed by atoms with E-state index in [1.54, 1.807) is 0 Å². The number of hydrogen-bond acceptors (Lipinski definition) is 4. The molecule has 0 aliphatic carbocycles. The summed E-state index contributed by atoms with van der Waals surface area (Å²) >= 11 is 0. The molecule has 6 nitrogen and oxygen atoms in total. The Labute approximate surface area is 155 Å². The molecule has 3 N–H and O–H groups in total. The minimum atomic E-state index is -0.108. The molecule has 3 rings (SSSR count). The minimum Gasteiger partial charge on any atom is -0.368 e. The first-order chi connectivity index (χ1) is 12.7. The number of aromatic nitrogens is 1. The van der Waals surface area contributed by atoms with Crippen molar-refractivity contribution >= 4 is 22.8 Å². The lowest BCUT2D eigenvalue weighted by Gasteiger charge is -2.30. The monoisotopic (exact) mass is 355 g/mol. The van der Waals surface area contributed by atoms with Gasteiger partial charge in [-0.2, -0.15) is 0 Å². The van der Waals surface area contributed by atoms with Crippen LogP contribution >= 0.6 is 0 Å². The number of amides is 2. The Hall–Kier alpha value is -2.34. The van der Waals surface area contributed by atoms with Gasteiger partial charge in [0.05, 0.1) is 5.52 Å². The van der Waals surface area contributed by atoms with E-state index in [9.17, 15) is 4.79 Å². The van der Waals surface area contributed by atoms with Gasteiger partial charge in [0, 0.05) is 38.1 Å². The largest absolute Gasteiger partial charge is 0.368 e. The standard InChI is InChI=1S/C20H29N5O/c1-16-5-4-13-25(15-16)14-12-23-20(26)22-11-10-21-19-9-8-17-6-2-3-7-18(17)24-19/h2-3,6-9,16H,4-5,10-15H2,1H3,(H,21,24)(H2,22,23,26). The van der Waals surface area contributed by atoms with Crippen LogP contribution in [0.15, 0.2) is 36.4 Å². The van der Waals surface area contributed by atoms with Crippen LogP contribution in [0.5, 0.6) is 0 Å². The van der Waals surface area contributed by atoms with Gasteiger partial charge in [-0.05, 0) is 43.5 Å². The van der Waals surface area contributed by atoms with Gasteiger partial charge in [0.25, 0.3) is 0 Å². The lowest BCUT2D eigenvalue weighted by Crippen LogP contribution is -2.43. The molecule has 2 amide bonds. The molecule has 1 aliphatic heterocycles. The molecule has 6 heteroatoms. The van der Waals surface area contributed by atoms with E-state index in [0.29, 0.717) is 19.6 Å². The van der Waals surface area contributed by atoms with E-state index in [1.807, 2.05) is 36.4 Å². The molecule has 0 saturated carbocycles. The lowest BCUT2D eigenvalue weighted by atomic mass is 10.0. The predicted molar refractivity (Wildman–Crippen MR) is 106 cm³/mol. The number of nitrogens with one attached hydrogen (secondary N) is 3. The number of carbonyl (C=O) groups is 1. The summed E-state index contributed by atoms with van der Waals surface area (Å²) in [6, 6.07) is 11.9. The SMILES string of the molecule is CC1CCCN(CCNC(=O)NCCNc2ccc3ccccc3n2)C1. The van der Waals surface area contributed by atoms with Crippen molar-refractivity contribution in [3.8, 4) is 0 Å². The first-order valence-corrected chi connectivity index (χ1v) is 9.54. The number of urea groups is 1. The Morgan fingerprint density at radius 3 is 2.88 bits per heavy atom. The third kappa shape index (κ3) is 5.59. The van der Waals surface area contributed by atoms with Crippen molar-refractivity contribution in [1.29, 1.82) is 0 Å². The van der Waals surface area contributed by atoms with Crippen molar-refractivity contribution in [3.63, 3.8) is 0 Å². The van der Waals surface area contributed by atoms with E-state index >= 15 is 0 Å². The molecule has 26 heavy (non-hydrogen) atoms. The van der Waals surface area contributed by atoms with E-state index in [0.717, 1.165) is 42.3 Å². The zero-order valence-corrected chi connectivity index (χ0v) is 15.5. The van der Waals surface area contributed by atoms with Crippen molar-refractivity contribution in [3.05, 3.63) is 36.4 Å². The van der Waals surface area contributed by atoms with E-state index in [4.69, 9.17) is 0 Å². The van der Waals surface area contributed by atoms with Gasteiger partial charge in [0.15, 0.2) is 0 Å². The Morgan fingerprint density at radius 1 is 1.15 bits per heavy atom. The molecule has 140 valence electrons. The highest BCUT2D eigenvalue weighted by Gasteiger charge is 2.15. The minimum absolute atomic E-state index is 0.108. The van der Waals surface area contributed by atoms with E-state index in [1.165, 1.54) is 12.8 Å². The normalized spacial score (nSPS) is 17.8. The molecule has 1 fully saturated rings. The summed E-state index contributed by atoms with van der Waals surface area (Å²) in [7, 11) is 0. The zero-order chi connectivity index (χ0) is 18.2. The van der Waals surface area contributed by atoms with Gasteiger partial charge >= 0.3 is 6.03 Å². The van der Waals surface area contributed by atoms with Crippen LogP contribution in [0.25, 0.3) is 10.9 Å². The molecule has 0 spiro atoms. The number of rotatable bonds is 7. The van der Waals surface area contributed by atoms with Crippen molar-refractivity contribution in [2.45, 2.75) is 19.8 Å². The fourth-order valence-electron chi connectivity index (χ4n) is 3.41. The molecule has 1 aliphatic rings. The summed E-state index contributed by atoms with van der Waals surface area (Å²) in [5, 5.41) is 10.2. The van der Waals surface area contributed by atoms with Crippen molar-refractivity contribution < 1.29 is 4.79 Å². The number of anilines is 1. The van der Waals surface area contributed by atoms with Gasteiger partial charge in [-0.3, -0.25) is 0 Å². The summed E-state index contributed by atoms with van der Waals surface area (Å²) < 4.78 is 0. The number of benzene rings is 1.